The summed E-state index contributed by atoms with van der Waals surface area (Å²) in [5, 5.41) is 37.0. The zero-order valence-corrected chi connectivity index (χ0v) is 10.2. The number of carbonyl (C=O) groups excluding carboxylic acids is 1. The molecule has 1 heterocycles. The summed E-state index contributed by atoms with van der Waals surface area (Å²) in [6.45, 7) is -0.450. The van der Waals surface area contributed by atoms with Crippen molar-refractivity contribution < 1.29 is 39.5 Å². The molecule has 0 amide bonds. The molecule has 0 spiro atoms. The number of hydrogen-bond donors (Lipinski definition) is 5. The first-order valence-electron chi connectivity index (χ1n) is 5.52. The maximum atomic E-state index is 11.5. The SMILES string of the molecule is CC(=O)[C@@H]1[C@@H](O)[C@H](O)[C@@H](CO)O[C@@]1(N)OCC(=O)O. The van der Waals surface area contributed by atoms with Gasteiger partial charge in [-0.25, -0.2) is 4.79 Å². The number of carboxylic acids is 1. The number of ether oxygens (including phenoxy) is 2. The Morgan fingerprint density at radius 1 is 1.37 bits per heavy atom. The number of aliphatic carboxylic acids is 1. The third kappa shape index (κ3) is 3.26. The molecule has 1 aliphatic heterocycles. The highest BCUT2D eigenvalue weighted by molar-refractivity contribution is 5.80. The van der Waals surface area contributed by atoms with Gasteiger partial charge in [-0.15, -0.1) is 0 Å². The minimum Gasteiger partial charge on any atom is -0.480 e. The van der Waals surface area contributed by atoms with Crippen LogP contribution >= 0.6 is 0 Å². The highest BCUT2D eigenvalue weighted by Crippen LogP contribution is 2.33. The Bertz CT molecular complexity index is 361. The normalized spacial score (nSPS) is 39.0. The number of nitrogens with two attached hydrogens (primary N) is 1. The Morgan fingerprint density at radius 3 is 2.37 bits per heavy atom. The van der Waals surface area contributed by atoms with E-state index in [0.29, 0.717) is 0 Å². The second-order valence-electron chi connectivity index (χ2n) is 4.31. The topological polar surface area (TPSA) is 160 Å². The van der Waals surface area contributed by atoms with E-state index >= 15 is 0 Å². The highest BCUT2D eigenvalue weighted by Gasteiger charge is 2.55. The number of ketones is 1. The van der Waals surface area contributed by atoms with E-state index in [4.69, 9.17) is 25.4 Å². The van der Waals surface area contributed by atoms with Crippen LogP contribution in [0.15, 0.2) is 0 Å². The van der Waals surface area contributed by atoms with Crippen LogP contribution in [0.1, 0.15) is 6.92 Å². The quantitative estimate of drug-likeness (QED) is 0.331. The second kappa shape index (κ2) is 5.90. The van der Waals surface area contributed by atoms with Gasteiger partial charge in [0.1, 0.15) is 30.5 Å². The van der Waals surface area contributed by atoms with Gasteiger partial charge in [0.25, 0.3) is 0 Å². The fourth-order valence-electron chi connectivity index (χ4n) is 2.00. The van der Waals surface area contributed by atoms with E-state index in [1.54, 1.807) is 0 Å². The Kier molecular flexibility index (Phi) is 4.96. The molecule has 1 rings (SSSR count). The standard InChI is InChI=1S/C10H17NO8/c1-4(13)7-9(17)8(16)5(2-12)19-10(7,11)18-3-6(14)15/h5,7-9,12,16-17H,2-3,11H2,1H3,(H,14,15)/t5-,7-,8-,9-,10+/m1/s1. The van der Waals surface area contributed by atoms with Crippen LogP contribution in [0.5, 0.6) is 0 Å². The van der Waals surface area contributed by atoms with Gasteiger partial charge in [0, 0.05) is 0 Å². The Balaban J connectivity index is 3.01. The van der Waals surface area contributed by atoms with Crippen LogP contribution in [0.4, 0.5) is 0 Å². The van der Waals surface area contributed by atoms with Crippen molar-refractivity contribution in [3.8, 4) is 0 Å². The van der Waals surface area contributed by atoms with E-state index < -0.39 is 55.1 Å². The molecule has 0 saturated carbocycles. The molecule has 0 bridgehead atoms. The fourth-order valence-corrected chi connectivity index (χ4v) is 2.00. The molecular weight excluding hydrogens is 262 g/mol. The number of aliphatic hydroxyl groups excluding tert-OH is 3. The zero-order chi connectivity index (χ0) is 14.8. The van der Waals surface area contributed by atoms with Crippen LogP contribution in [-0.2, 0) is 19.1 Å². The average Bonchev–Trinajstić information content (AvgIpc) is 2.31. The molecule has 9 heteroatoms. The van der Waals surface area contributed by atoms with Gasteiger partial charge < -0.3 is 29.9 Å². The van der Waals surface area contributed by atoms with Gasteiger partial charge in [-0.3, -0.25) is 10.5 Å². The smallest absolute Gasteiger partial charge is 0.329 e. The molecule has 5 atom stereocenters. The van der Waals surface area contributed by atoms with Crippen molar-refractivity contribution >= 4 is 11.8 Å². The molecule has 0 aromatic rings. The summed E-state index contributed by atoms with van der Waals surface area (Å²) in [5.74, 6) is -5.69. The van der Waals surface area contributed by atoms with Crippen LogP contribution in [0.2, 0.25) is 0 Å². The van der Waals surface area contributed by atoms with Gasteiger partial charge in [-0.1, -0.05) is 0 Å². The second-order valence-corrected chi connectivity index (χ2v) is 4.31. The van der Waals surface area contributed by atoms with Crippen LogP contribution in [0, 0.1) is 5.92 Å². The summed E-state index contributed by atoms with van der Waals surface area (Å²) in [6, 6.07) is 0. The summed E-state index contributed by atoms with van der Waals surface area (Å²) in [6.07, 6.45) is -4.46. The van der Waals surface area contributed by atoms with Gasteiger partial charge in [0.15, 0.2) is 0 Å². The van der Waals surface area contributed by atoms with E-state index in [1.807, 2.05) is 0 Å². The van der Waals surface area contributed by atoms with Crippen molar-refractivity contribution in [1.29, 1.82) is 0 Å². The van der Waals surface area contributed by atoms with Crippen molar-refractivity contribution in [3.05, 3.63) is 0 Å². The monoisotopic (exact) mass is 279 g/mol. The first-order chi connectivity index (χ1) is 8.73. The summed E-state index contributed by atoms with van der Waals surface area (Å²) in [5.41, 5.74) is 5.66. The van der Waals surface area contributed by atoms with E-state index in [9.17, 15) is 19.8 Å². The van der Waals surface area contributed by atoms with Gasteiger partial charge in [-0.2, -0.15) is 0 Å². The lowest BCUT2D eigenvalue weighted by Crippen LogP contribution is -2.69. The van der Waals surface area contributed by atoms with Crippen LogP contribution in [0.25, 0.3) is 0 Å². The van der Waals surface area contributed by atoms with Crippen molar-refractivity contribution in [2.45, 2.75) is 31.1 Å². The highest BCUT2D eigenvalue weighted by atomic mass is 16.7. The molecule has 0 aliphatic carbocycles. The van der Waals surface area contributed by atoms with E-state index in [-0.39, 0.29) is 0 Å². The van der Waals surface area contributed by atoms with E-state index in [0.717, 1.165) is 6.92 Å². The van der Waals surface area contributed by atoms with E-state index in [1.165, 1.54) is 0 Å². The average molecular weight is 279 g/mol. The van der Waals surface area contributed by atoms with Crippen molar-refractivity contribution in [1.82, 2.24) is 0 Å². The fraction of sp³-hybridized carbons (Fsp3) is 0.800. The van der Waals surface area contributed by atoms with Gasteiger partial charge in [0.2, 0.25) is 5.91 Å². The third-order valence-corrected chi connectivity index (χ3v) is 2.88. The van der Waals surface area contributed by atoms with Crippen molar-refractivity contribution in [2.75, 3.05) is 13.2 Å². The zero-order valence-electron chi connectivity index (χ0n) is 10.2. The third-order valence-electron chi connectivity index (χ3n) is 2.88. The first kappa shape index (κ1) is 16.0. The lowest BCUT2D eigenvalue weighted by molar-refractivity contribution is -0.340. The number of hydrogen-bond acceptors (Lipinski definition) is 8. The number of Topliss-reactive ketones (excluding diaryl/α,β-unsaturated/α-hetero) is 1. The first-order valence-corrected chi connectivity index (χ1v) is 5.52. The summed E-state index contributed by atoms with van der Waals surface area (Å²) in [4.78, 5) is 22.0. The molecule has 110 valence electrons. The molecule has 19 heavy (non-hydrogen) atoms. The van der Waals surface area contributed by atoms with Gasteiger partial charge in [-0.05, 0) is 6.92 Å². The van der Waals surface area contributed by atoms with Gasteiger partial charge >= 0.3 is 5.97 Å². The molecule has 9 nitrogen and oxygen atoms in total. The summed E-state index contributed by atoms with van der Waals surface area (Å²) in [7, 11) is 0. The number of aliphatic hydroxyl groups is 3. The minimum absolute atomic E-state index is 0.643. The molecule has 1 aliphatic rings. The molecule has 1 fully saturated rings. The Morgan fingerprint density at radius 2 is 1.95 bits per heavy atom. The van der Waals surface area contributed by atoms with Crippen LogP contribution in [-0.4, -0.2) is 69.6 Å². The van der Waals surface area contributed by atoms with Crippen molar-refractivity contribution in [3.63, 3.8) is 0 Å². The molecule has 0 radical (unpaired) electrons. The number of carbonyl (C=O) groups is 2. The predicted octanol–water partition coefficient (Wildman–Crippen LogP) is -2.98. The lowest BCUT2D eigenvalue weighted by Gasteiger charge is -2.46. The predicted molar refractivity (Wildman–Crippen MR) is 58.6 cm³/mol. The maximum Gasteiger partial charge on any atom is 0.329 e. The molecule has 0 aromatic carbocycles. The largest absolute Gasteiger partial charge is 0.480 e. The Hall–Kier alpha value is -1.10. The molecule has 0 aromatic heterocycles. The summed E-state index contributed by atoms with van der Waals surface area (Å²) < 4.78 is 9.85. The maximum absolute atomic E-state index is 11.5. The van der Waals surface area contributed by atoms with Crippen molar-refractivity contribution in [2.24, 2.45) is 11.7 Å². The van der Waals surface area contributed by atoms with Gasteiger partial charge in [0.05, 0.1) is 12.7 Å². The molecule has 6 N–H and O–H groups in total. The lowest BCUT2D eigenvalue weighted by atomic mass is 9.85. The molecular formula is C10H17NO8. The summed E-state index contributed by atoms with van der Waals surface area (Å²) >= 11 is 0. The molecule has 1 saturated heterocycles. The van der Waals surface area contributed by atoms with Crippen LogP contribution < -0.4 is 5.73 Å². The van der Waals surface area contributed by atoms with E-state index in [2.05, 4.69) is 0 Å². The minimum atomic E-state index is -2.23. The number of rotatable bonds is 5. The molecule has 0 unspecified atom stereocenters. The Labute approximate surface area is 108 Å². The van der Waals surface area contributed by atoms with Crippen LogP contribution in [0.3, 0.4) is 0 Å². The number of carboxylic acid groups (broad SMARTS) is 1.